The molecule has 3 heteroatoms. The van der Waals surface area contributed by atoms with Crippen LogP contribution in [0.1, 0.15) is 0 Å². The Morgan fingerprint density at radius 1 is 1.50 bits per heavy atom. The van der Waals surface area contributed by atoms with Crippen LogP contribution in [0.15, 0.2) is 37.3 Å². The maximum atomic E-state index is 7.66. The van der Waals surface area contributed by atoms with E-state index in [4.69, 9.17) is 16.9 Å². The van der Waals surface area contributed by atoms with E-state index in [1.165, 1.54) is 12.5 Å². The predicted octanol–water partition coefficient (Wildman–Crippen LogP) is 2.55. The summed E-state index contributed by atoms with van der Waals surface area (Å²) in [5, 5.41) is 7.69. The van der Waals surface area contributed by atoms with Crippen LogP contribution in [-0.4, -0.2) is 0 Å². The van der Waals surface area contributed by atoms with Gasteiger partial charge in [0.05, 0.1) is 12.5 Å². The minimum absolute atomic E-state index is 0.0324. The monoisotopic (exact) mass is 157 g/mol. The fraction of sp³-hybridized carbons (Fsp3) is 0. The Morgan fingerprint density at radius 3 is 1.80 bits per heavy atom. The van der Waals surface area contributed by atoms with Crippen molar-refractivity contribution in [3.63, 3.8) is 0 Å². The smallest absolute Gasteiger partial charge is 0.111 e. The molecule has 10 heavy (non-hydrogen) atoms. The summed E-state index contributed by atoms with van der Waals surface area (Å²) in [5.41, 5.74) is 0. The first-order chi connectivity index (χ1) is 4.68. The summed E-state index contributed by atoms with van der Waals surface area (Å²) in [6.07, 6.45) is 2.62. The Labute approximate surface area is 65.7 Å². The van der Waals surface area contributed by atoms with Crippen LogP contribution in [0.25, 0.3) is 0 Å². The van der Waals surface area contributed by atoms with Gasteiger partial charge in [-0.2, -0.15) is 5.26 Å². The molecule has 0 aliphatic heterocycles. The minimum Gasteiger partial charge on any atom is -0.474 e. The second-order valence-electron chi connectivity index (χ2n) is 0.986. The molecule has 0 rings (SSSR count). The number of rotatable bonds is 2. The van der Waals surface area contributed by atoms with Crippen LogP contribution < -0.4 is 0 Å². The zero-order valence-corrected chi connectivity index (χ0v) is 6.27. The van der Waals surface area contributed by atoms with Crippen LogP contribution in [0.5, 0.6) is 0 Å². The zero-order chi connectivity index (χ0) is 8.41. The highest BCUT2D eigenvalue weighted by molar-refractivity contribution is 6.31. The number of halogens is 1. The van der Waals surface area contributed by atoms with Crippen molar-refractivity contribution in [2.24, 2.45) is 0 Å². The molecule has 0 aliphatic rings. The van der Waals surface area contributed by atoms with Gasteiger partial charge in [0, 0.05) is 0 Å². The minimum atomic E-state index is 0.0324. The third-order valence-electron chi connectivity index (χ3n) is 0.314. The topological polar surface area (TPSA) is 33.0 Å². The van der Waals surface area contributed by atoms with Gasteiger partial charge in [0.15, 0.2) is 0 Å². The van der Waals surface area contributed by atoms with E-state index < -0.39 is 0 Å². The molecule has 2 nitrogen and oxygen atoms in total. The molecule has 0 unspecified atom stereocenters. The highest BCUT2D eigenvalue weighted by atomic mass is 35.5. The van der Waals surface area contributed by atoms with Crippen molar-refractivity contribution in [2.75, 3.05) is 0 Å². The fourth-order valence-electron chi connectivity index (χ4n) is 0.0680. The van der Waals surface area contributed by atoms with Gasteiger partial charge in [-0.3, -0.25) is 0 Å². The SMILES string of the molecule is C=C(Cl)C#N.C=COC=C. The number of ether oxygens (including phenoxy) is 1. The number of allylic oxidation sites excluding steroid dienone is 1. The molecule has 0 heterocycles. The number of nitrogens with zero attached hydrogens (tertiary/aromatic N) is 1. The molecule has 0 radical (unpaired) electrons. The molecule has 0 aliphatic carbocycles. The van der Waals surface area contributed by atoms with E-state index >= 15 is 0 Å². The van der Waals surface area contributed by atoms with E-state index in [0.29, 0.717) is 0 Å². The van der Waals surface area contributed by atoms with Crippen molar-refractivity contribution in [3.05, 3.63) is 37.3 Å². The summed E-state index contributed by atoms with van der Waals surface area (Å²) < 4.78 is 4.36. The van der Waals surface area contributed by atoms with Gasteiger partial charge in [-0.25, -0.2) is 0 Å². The first-order valence-corrected chi connectivity index (χ1v) is 2.68. The van der Waals surface area contributed by atoms with E-state index in [9.17, 15) is 0 Å². The van der Waals surface area contributed by atoms with Gasteiger partial charge in [-0.05, 0) is 0 Å². The maximum absolute atomic E-state index is 7.66. The molecular weight excluding hydrogens is 150 g/mol. The lowest BCUT2D eigenvalue weighted by Gasteiger charge is -1.76. The van der Waals surface area contributed by atoms with E-state index in [-0.39, 0.29) is 5.03 Å². The normalized spacial score (nSPS) is 5.60. The summed E-state index contributed by atoms with van der Waals surface area (Å²) >= 11 is 4.91. The van der Waals surface area contributed by atoms with Gasteiger partial charge >= 0.3 is 0 Å². The third-order valence-corrected chi connectivity index (χ3v) is 0.398. The molecule has 0 saturated carbocycles. The molecule has 0 saturated heterocycles. The largest absolute Gasteiger partial charge is 0.474 e. The van der Waals surface area contributed by atoms with E-state index in [2.05, 4.69) is 24.5 Å². The molecule has 0 aromatic rings. The van der Waals surface area contributed by atoms with Crippen molar-refractivity contribution in [1.82, 2.24) is 0 Å². The lowest BCUT2D eigenvalue weighted by Crippen LogP contribution is -1.52. The van der Waals surface area contributed by atoms with E-state index in [0.717, 1.165) is 0 Å². The Hall–Kier alpha value is -1.20. The molecule has 0 atom stereocenters. The summed E-state index contributed by atoms with van der Waals surface area (Å²) in [6.45, 7) is 9.59. The quantitative estimate of drug-likeness (QED) is 0.456. The molecule has 0 N–H and O–H groups in total. The van der Waals surface area contributed by atoms with Gasteiger partial charge in [-0.1, -0.05) is 31.3 Å². The van der Waals surface area contributed by atoms with Crippen LogP contribution in [-0.2, 0) is 4.74 Å². The molecule has 0 bridgehead atoms. The predicted molar refractivity (Wildman–Crippen MR) is 42.1 cm³/mol. The average Bonchev–Trinajstić information content (AvgIpc) is 1.91. The van der Waals surface area contributed by atoms with Gasteiger partial charge < -0.3 is 4.74 Å². The summed E-state index contributed by atoms with van der Waals surface area (Å²) in [4.78, 5) is 0. The molecule has 54 valence electrons. The Morgan fingerprint density at radius 2 is 1.80 bits per heavy atom. The summed E-state index contributed by atoms with van der Waals surface area (Å²) in [5.74, 6) is 0. The van der Waals surface area contributed by atoms with Crippen LogP contribution in [0.2, 0.25) is 0 Å². The highest BCUT2D eigenvalue weighted by Gasteiger charge is 1.68. The van der Waals surface area contributed by atoms with Gasteiger partial charge in [0.25, 0.3) is 0 Å². The van der Waals surface area contributed by atoms with Crippen LogP contribution in [0, 0.1) is 11.3 Å². The van der Waals surface area contributed by atoms with Crippen molar-refractivity contribution in [2.45, 2.75) is 0 Å². The standard InChI is InChI=1S/C4H6O.C3H2ClN/c1-3-5-4-2;1-3(4)2-5/h3-4H,1-2H2;1H2. The van der Waals surface area contributed by atoms with Crippen molar-refractivity contribution in [1.29, 1.82) is 5.26 Å². The molecule has 0 aromatic heterocycles. The molecule has 0 aromatic carbocycles. The van der Waals surface area contributed by atoms with Crippen LogP contribution in [0.4, 0.5) is 0 Å². The third kappa shape index (κ3) is 29.2. The second kappa shape index (κ2) is 10.7. The fourth-order valence-corrected chi connectivity index (χ4v) is 0.0680. The molecule has 0 amide bonds. The number of hydrogen-bond donors (Lipinski definition) is 0. The Balaban J connectivity index is 0. The van der Waals surface area contributed by atoms with Crippen LogP contribution >= 0.6 is 11.6 Å². The number of nitriles is 1. The first kappa shape index (κ1) is 11.6. The first-order valence-electron chi connectivity index (χ1n) is 2.30. The zero-order valence-electron chi connectivity index (χ0n) is 5.51. The summed E-state index contributed by atoms with van der Waals surface area (Å²) in [7, 11) is 0. The lowest BCUT2D eigenvalue weighted by molar-refractivity contribution is 0.406. The van der Waals surface area contributed by atoms with Crippen molar-refractivity contribution >= 4 is 11.6 Å². The second-order valence-corrected chi connectivity index (χ2v) is 1.44. The molecular formula is C7H8ClNO. The molecule has 0 fully saturated rings. The summed E-state index contributed by atoms with van der Waals surface area (Å²) in [6, 6.07) is 1.60. The number of hydrogen-bond acceptors (Lipinski definition) is 2. The van der Waals surface area contributed by atoms with E-state index in [1.807, 2.05) is 0 Å². The molecule has 0 spiro atoms. The van der Waals surface area contributed by atoms with Crippen molar-refractivity contribution < 1.29 is 4.74 Å². The lowest BCUT2D eigenvalue weighted by atomic mass is 10.7. The van der Waals surface area contributed by atoms with Crippen molar-refractivity contribution in [3.8, 4) is 6.07 Å². The van der Waals surface area contributed by atoms with E-state index in [1.54, 1.807) is 6.07 Å². The van der Waals surface area contributed by atoms with Gasteiger partial charge in [0.1, 0.15) is 11.1 Å². The Kier molecular flexibility index (Phi) is 12.4. The van der Waals surface area contributed by atoms with Gasteiger partial charge in [0.2, 0.25) is 0 Å². The average molecular weight is 158 g/mol. The maximum Gasteiger partial charge on any atom is 0.111 e. The Bertz CT molecular complexity index is 151. The highest BCUT2D eigenvalue weighted by Crippen LogP contribution is 1.88. The van der Waals surface area contributed by atoms with Gasteiger partial charge in [-0.15, -0.1) is 0 Å². The van der Waals surface area contributed by atoms with Crippen LogP contribution in [0.3, 0.4) is 0 Å².